The van der Waals surface area contributed by atoms with Crippen molar-refractivity contribution in [3.05, 3.63) is 59.4 Å². The number of aromatic nitrogens is 1. The van der Waals surface area contributed by atoms with Crippen LogP contribution in [0.4, 0.5) is 0 Å². The lowest BCUT2D eigenvalue weighted by atomic mass is 10.1. The van der Waals surface area contributed by atoms with Gasteiger partial charge in [0.1, 0.15) is 5.75 Å². The zero-order valence-electron chi connectivity index (χ0n) is 14.6. The number of amides is 1. The van der Waals surface area contributed by atoms with Crippen LogP contribution < -0.4 is 4.74 Å². The minimum atomic E-state index is -0.483. The minimum absolute atomic E-state index is 0.0497. The third kappa shape index (κ3) is 3.26. The average molecular weight is 336 g/mol. The molecule has 2 aliphatic rings. The summed E-state index contributed by atoms with van der Waals surface area (Å²) in [7, 11) is 0. The van der Waals surface area contributed by atoms with Gasteiger partial charge < -0.3 is 9.64 Å². The average Bonchev–Trinajstić information content (AvgIpc) is 3.30. The first kappa shape index (κ1) is 16.1. The highest BCUT2D eigenvalue weighted by molar-refractivity contribution is 5.81. The molecule has 130 valence electrons. The summed E-state index contributed by atoms with van der Waals surface area (Å²) in [6.07, 6.45) is 6.77. The molecule has 1 fully saturated rings. The van der Waals surface area contributed by atoms with Gasteiger partial charge in [-0.1, -0.05) is 12.1 Å². The van der Waals surface area contributed by atoms with Crippen molar-refractivity contribution in [2.24, 2.45) is 0 Å². The number of hydrogen-bond donors (Lipinski definition) is 0. The fourth-order valence-electron chi connectivity index (χ4n) is 4.02. The summed E-state index contributed by atoms with van der Waals surface area (Å²) in [4.78, 5) is 19.3. The van der Waals surface area contributed by atoms with Gasteiger partial charge in [0.05, 0.1) is 11.7 Å². The van der Waals surface area contributed by atoms with E-state index in [1.807, 2.05) is 36.1 Å². The van der Waals surface area contributed by atoms with E-state index in [1.54, 1.807) is 6.20 Å². The number of ether oxygens (including phenoxy) is 1. The molecule has 25 heavy (non-hydrogen) atoms. The van der Waals surface area contributed by atoms with Gasteiger partial charge in [0.25, 0.3) is 5.91 Å². The summed E-state index contributed by atoms with van der Waals surface area (Å²) in [6.45, 7) is 2.63. The van der Waals surface area contributed by atoms with Crippen molar-refractivity contribution in [2.45, 2.75) is 51.2 Å². The molecule has 1 saturated heterocycles. The van der Waals surface area contributed by atoms with E-state index in [9.17, 15) is 4.79 Å². The van der Waals surface area contributed by atoms with Crippen LogP contribution in [0.25, 0.3) is 0 Å². The van der Waals surface area contributed by atoms with E-state index in [0.717, 1.165) is 43.7 Å². The number of pyridine rings is 1. The van der Waals surface area contributed by atoms with E-state index in [0.29, 0.717) is 0 Å². The van der Waals surface area contributed by atoms with Gasteiger partial charge in [-0.15, -0.1) is 0 Å². The number of hydrogen-bond acceptors (Lipinski definition) is 3. The van der Waals surface area contributed by atoms with Crippen molar-refractivity contribution in [1.29, 1.82) is 0 Å². The Labute approximate surface area is 148 Å². The van der Waals surface area contributed by atoms with Gasteiger partial charge in [0.2, 0.25) is 0 Å². The van der Waals surface area contributed by atoms with Crippen LogP contribution in [0.15, 0.2) is 42.6 Å². The third-order valence-corrected chi connectivity index (χ3v) is 5.30. The van der Waals surface area contributed by atoms with Crippen LogP contribution in [0.2, 0.25) is 0 Å². The maximum atomic E-state index is 12.9. The van der Waals surface area contributed by atoms with Crippen LogP contribution in [0.1, 0.15) is 49.0 Å². The van der Waals surface area contributed by atoms with Crippen LogP contribution in [0.3, 0.4) is 0 Å². The number of aryl methyl sites for hydroxylation is 2. The van der Waals surface area contributed by atoms with Crippen LogP contribution in [-0.4, -0.2) is 28.4 Å². The van der Waals surface area contributed by atoms with E-state index < -0.39 is 6.10 Å². The molecule has 2 atom stereocenters. The SMILES string of the molecule is CC(Oc1ccc2c(c1)CCC2)C(=O)N1CCCC1c1ccccn1. The Bertz CT molecular complexity index is 760. The number of carbonyl (C=O) groups excluding carboxylic acids is 1. The first-order valence-corrected chi connectivity index (χ1v) is 9.22. The van der Waals surface area contributed by atoms with Gasteiger partial charge >= 0.3 is 0 Å². The van der Waals surface area contributed by atoms with Gasteiger partial charge in [-0.3, -0.25) is 9.78 Å². The fourth-order valence-corrected chi connectivity index (χ4v) is 4.02. The van der Waals surface area contributed by atoms with Gasteiger partial charge in [-0.25, -0.2) is 0 Å². The second-order valence-electron chi connectivity index (χ2n) is 6.99. The molecule has 4 rings (SSSR count). The number of rotatable bonds is 4. The molecule has 1 amide bonds. The Kier molecular flexibility index (Phi) is 4.43. The lowest BCUT2D eigenvalue weighted by molar-refractivity contribution is -0.139. The number of benzene rings is 1. The highest BCUT2D eigenvalue weighted by atomic mass is 16.5. The monoisotopic (exact) mass is 336 g/mol. The Morgan fingerprint density at radius 1 is 1.20 bits per heavy atom. The standard InChI is InChI=1S/C21H24N2O2/c1-15(25-18-11-10-16-6-4-7-17(16)14-18)21(24)23-13-5-9-20(23)19-8-2-3-12-22-19/h2-3,8,10-12,14-15,20H,4-7,9,13H2,1H3. The molecule has 2 heterocycles. The van der Waals surface area contributed by atoms with Crippen LogP contribution in [-0.2, 0) is 17.6 Å². The highest BCUT2D eigenvalue weighted by Gasteiger charge is 2.34. The van der Waals surface area contributed by atoms with Gasteiger partial charge in [0.15, 0.2) is 6.10 Å². The van der Waals surface area contributed by atoms with Crippen molar-refractivity contribution in [1.82, 2.24) is 9.88 Å². The van der Waals surface area contributed by atoms with Gasteiger partial charge in [0, 0.05) is 12.7 Å². The molecule has 0 N–H and O–H groups in total. The maximum Gasteiger partial charge on any atom is 0.263 e. The molecule has 0 saturated carbocycles. The van der Waals surface area contributed by atoms with Crippen LogP contribution in [0, 0.1) is 0 Å². The topological polar surface area (TPSA) is 42.4 Å². The molecule has 0 spiro atoms. The molecular formula is C21H24N2O2. The lowest BCUT2D eigenvalue weighted by Crippen LogP contribution is -2.40. The van der Waals surface area contributed by atoms with E-state index in [4.69, 9.17) is 4.74 Å². The molecule has 2 unspecified atom stereocenters. The molecule has 1 aliphatic carbocycles. The summed E-state index contributed by atoms with van der Waals surface area (Å²) < 4.78 is 5.99. The normalized spacial score (nSPS) is 20.4. The summed E-state index contributed by atoms with van der Waals surface area (Å²) in [5, 5.41) is 0. The largest absolute Gasteiger partial charge is 0.481 e. The Balaban J connectivity index is 1.46. The third-order valence-electron chi connectivity index (χ3n) is 5.30. The molecule has 0 radical (unpaired) electrons. The van der Waals surface area contributed by atoms with Crippen molar-refractivity contribution in [3.63, 3.8) is 0 Å². The molecule has 1 aliphatic heterocycles. The second kappa shape index (κ2) is 6.87. The molecule has 4 heteroatoms. The molecule has 0 bridgehead atoms. The van der Waals surface area contributed by atoms with E-state index >= 15 is 0 Å². The zero-order valence-corrected chi connectivity index (χ0v) is 14.6. The number of nitrogens with zero attached hydrogens (tertiary/aromatic N) is 2. The quantitative estimate of drug-likeness (QED) is 0.855. The van der Waals surface area contributed by atoms with Crippen molar-refractivity contribution in [3.8, 4) is 5.75 Å². The van der Waals surface area contributed by atoms with Crippen LogP contribution in [0.5, 0.6) is 5.75 Å². The number of likely N-dealkylation sites (tertiary alicyclic amines) is 1. The summed E-state index contributed by atoms with van der Waals surface area (Å²) in [6, 6.07) is 12.2. The van der Waals surface area contributed by atoms with Crippen molar-refractivity contribution < 1.29 is 9.53 Å². The van der Waals surface area contributed by atoms with E-state index in [-0.39, 0.29) is 11.9 Å². The highest BCUT2D eigenvalue weighted by Crippen LogP contribution is 2.32. The first-order chi connectivity index (χ1) is 12.2. The molecule has 1 aromatic carbocycles. The van der Waals surface area contributed by atoms with Crippen molar-refractivity contribution in [2.75, 3.05) is 6.54 Å². The van der Waals surface area contributed by atoms with E-state index in [1.165, 1.54) is 17.5 Å². The predicted molar refractivity (Wildman–Crippen MR) is 96.5 cm³/mol. The first-order valence-electron chi connectivity index (χ1n) is 9.22. The predicted octanol–water partition coefficient (Wildman–Crippen LogP) is 3.70. The van der Waals surface area contributed by atoms with Gasteiger partial charge in [-0.2, -0.15) is 0 Å². The van der Waals surface area contributed by atoms with Gasteiger partial charge in [-0.05, 0) is 74.4 Å². The Morgan fingerprint density at radius 3 is 2.92 bits per heavy atom. The molecular weight excluding hydrogens is 312 g/mol. The number of carbonyl (C=O) groups is 1. The molecule has 1 aromatic heterocycles. The Morgan fingerprint density at radius 2 is 2.08 bits per heavy atom. The van der Waals surface area contributed by atoms with E-state index in [2.05, 4.69) is 17.1 Å². The lowest BCUT2D eigenvalue weighted by Gasteiger charge is -2.27. The number of fused-ring (bicyclic) bond motifs is 1. The summed E-state index contributed by atoms with van der Waals surface area (Å²) in [5.74, 6) is 0.851. The molecule has 4 nitrogen and oxygen atoms in total. The fraction of sp³-hybridized carbons (Fsp3) is 0.429. The van der Waals surface area contributed by atoms with Crippen LogP contribution >= 0.6 is 0 Å². The summed E-state index contributed by atoms with van der Waals surface area (Å²) >= 11 is 0. The van der Waals surface area contributed by atoms with Crippen molar-refractivity contribution >= 4 is 5.91 Å². The Hall–Kier alpha value is -2.36. The molecule has 2 aromatic rings. The maximum absolute atomic E-state index is 12.9. The minimum Gasteiger partial charge on any atom is -0.481 e. The summed E-state index contributed by atoms with van der Waals surface area (Å²) in [5.41, 5.74) is 3.75. The smallest absolute Gasteiger partial charge is 0.263 e. The second-order valence-corrected chi connectivity index (χ2v) is 6.99. The zero-order chi connectivity index (χ0) is 17.2.